The van der Waals surface area contributed by atoms with Gasteiger partial charge in [-0.3, -0.25) is 14.4 Å². The molecule has 5 nitrogen and oxygen atoms in total. The second kappa shape index (κ2) is 7.40. The summed E-state index contributed by atoms with van der Waals surface area (Å²) in [6, 6.07) is 3.22. The van der Waals surface area contributed by atoms with Gasteiger partial charge in [0.1, 0.15) is 0 Å². The number of hydrogen-bond donors (Lipinski definition) is 0. The minimum absolute atomic E-state index is 0.0934. The van der Waals surface area contributed by atoms with Crippen molar-refractivity contribution in [1.82, 2.24) is 0 Å². The highest BCUT2D eigenvalue weighted by Crippen LogP contribution is 2.25. The summed E-state index contributed by atoms with van der Waals surface area (Å²) < 4.78 is 10.2. The van der Waals surface area contributed by atoms with E-state index in [4.69, 9.17) is 9.47 Å². The van der Waals surface area contributed by atoms with Crippen molar-refractivity contribution >= 4 is 45.0 Å². The van der Waals surface area contributed by atoms with Crippen LogP contribution in [0.3, 0.4) is 0 Å². The van der Waals surface area contributed by atoms with Gasteiger partial charge in [0, 0.05) is 0 Å². The number of Topliss-reactive ketones (excluding diaryl/α,β-unsaturated/α-hetero) is 1. The normalized spacial score (nSPS) is 10.3. The Labute approximate surface area is 123 Å². The maximum absolute atomic E-state index is 12.2. The molecule has 7 heteroatoms. The van der Waals surface area contributed by atoms with E-state index in [1.807, 2.05) is 0 Å². The van der Waals surface area contributed by atoms with Crippen molar-refractivity contribution in [3.8, 4) is 0 Å². The summed E-state index contributed by atoms with van der Waals surface area (Å²) in [5.41, 5.74) is 0. The molecule has 0 unspecified atom stereocenters. The minimum Gasteiger partial charge on any atom is -0.465 e. The first kappa shape index (κ1) is 15.8. The lowest BCUT2D eigenvalue weighted by atomic mass is 10.0. The van der Waals surface area contributed by atoms with E-state index < -0.39 is 23.6 Å². The largest absolute Gasteiger partial charge is 0.465 e. The van der Waals surface area contributed by atoms with E-state index in [2.05, 4.69) is 15.9 Å². The molecular formula is C12H13BrO5S. The van der Waals surface area contributed by atoms with Gasteiger partial charge < -0.3 is 9.47 Å². The van der Waals surface area contributed by atoms with Crippen LogP contribution in [-0.4, -0.2) is 30.9 Å². The minimum atomic E-state index is -1.55. The quantitative estimate of drug-likeness (QED) is 0.448. The van der Waals surface area contributed by atoms with E-state index in [1.54, 1.807) is 26.0 Å². The molecule has 0 aliphatic heterocycles. The highest BCUT2D eigenvalue weighted by atomic mass is 79.9. The van der Waals surface area contributed by atoms with E-state index in [1.165, 1.54) is 0 Å². The number of carbonyl (C=O) groups is 3. The van der Waals surface area contributed by atoms with Crippen molar-refractivity contribution in [2.24, 2.45) is 5.92 Å². The van der Waals surface area contributed by atoms with Gasteiger partial charge in [-0.2, -0.15) is 0 Å². The van der Waals surface area contributed by atoms with Crippen LogP contribution in [0.2, 0.25) is 0 Å². The number of rotatable bonds is 6. The van der Waals surface area contributed by atoms with Gasteiger partial charge in [-0.1, -0.05) is 0 Å². The molecule has 0 aliphatic rings. The van der Waals surface area contributed by atoms with Gasteiger partial charge in [0.25, 0.3) is 0 Å². The average Bonchev–Trinajstić information content (AvgIpc) is 2.76. The molecule has 0 spiro atoms. The Hall–Kier alpha value is -1.21. The molecule has 1 heterocycles. The molecule has 0 aromatic carbocycles. The van der Waals surface area contributed by atoms with Crippen LogP contribution in [0.1, 0.15) is 23.5 Å². The predicted molar refractivity (Wildman–Crippen MR) is 73.1 cm³/mol. The Balaban J connectivity index is 2.98. The molecule has 19 heavy (non-hydrogen) atoms. The maximum atomic E-state index is 12.2. The smallest absolute Gasteiger partial charge is 0.328 e. The molecule has 0 saturated carbocycles. The molecule has 0 atom stereocenters. The zero-order valence-electron chi connectivity index (χ0n) is 10.5. The van der Waals surface area contributed by atoms with Gasteiger partial charge >= 0.3 is 11.9 Å². The third-order valence-electron chi connectivity index (χ3n) is 2.12. The fourth-order valence-electron chi connectivity index (χ4n) is 1.35. The van der Waals surface area contributed by atoms with Crippen LogP contribution in [0.5, 0.6) is 0 Å². The summed E-state index contributed by atoms with van der Waals surface area (Å²) in [5, 5.41) is 0. The van der Waals surface area contributed by atoms with Crippen LogP contribution in [0.4, 0.5) is 0 Å². The first-order chi connectivity index (χ1) is 9.01. The summed E-state index contributed by atoms with van der Waals surface area (Å²) in [5.74, 6) is -3.91. The zero-order valence-corrected chi connectivity index (χ0v) is 12.9. The summed E-state index contributed by atoms with van der Waals surface area (Å²) in [6.45, 7) is 3.39. The number of halogens is 1. The summed E-state index contributed by atoms with van der Waals surface area (Å²) in [4.78, 5) is 35.9. The van der Waals surface area contributed by atoms with Crippen LogP contribution in [-0.2, 0) is 19.1 Å². The number of esters is 2. The molecule has 0 saturated heterocycles. The average molecular weight is 349 g/mol. The first-order valence-corrected chi connectivity index (χ1v) is 7.25. The number of ketones is 1. The molecule has 0 N–H and O–H groups in total. The Morgan fingerprint density at radius 2 is 1.68 bits per heavy atom. The predicted octanol–water partition coefficient (Wildman–Crippen LogP) is 2.44. The fourth-order valence-corrected chi connectivity index (χ4v) is 2.71. The Morgan fingerprint density at radius 1 is 1.16 bits per heavy atom. The van der Waals surface area contributed by atoms with Gasteiger partial charge in [-0.05, 0) is 41.9 Å². The summed E-state index contributed by atoms with van der Waals surface area (Å²) in [6.07, 6.45) is 0. The van der Waals surface area contributed by atoms with Crippen molar-refractivity contribution < 1.29 is 23.9 Å². The molecular weight excluding hydrogens is 336 g/mol. The molecule has 0 bridgehead atoms. The fraction of sp³-hybridized carbons (Fsp3) is 0.417. The Kier molecular flexibility index (Phi) is 6.17. The highest BCUT2D eigenvalue weighted by Gasteiger charge is 2.38. The van der Waals surface area contributed by atoms with Crippen molar-refractivity contribution in [1.29, 1.82) is 0 Å². The Morgan fingerprint density at radius 3 is 2.05 bits per heavy atom. The lowest BCUT2D eigenvalue weighted by Crippen LogP contribution is -2.34. The second-order valence-corrected chi connectivity index (χ2v) is 5.87. The molecule has 0 radical (unpaired) electrons. The molecule has 104 valence electrons. The number of thiophene rings is 1. The lowest BCUT2D eigenvalue weighted by Gasteiger charge is -2.12. The third kappa shape index (κ3) is 4.14. The zero-order chi connectivity index (χ0) is 14.4. The van der Waals surface area contributed by atoms with Crippen LogP contribution in [0.15, 0.2) is 15.9 Å². The molecule has 0 aliphatic carbocycles. The van der Waals surface area contributed by atoms with E-state index in [0.717, 1.165) is 15.1 Å². The van der Waals surface area contributed by atoms with Crippen LogP contribution in [0, 0.1) is 5.92 Å². The van der Waals surface area contributed by atoms with E-state index in [9.17, 15) is 14.4 Å². The van der Waals surface area contributed by atoms with E-state index in [-0.39, 0.29) is 13.2 Å². The van der Waals surface area contributed by atoms with Crippen LogP contribution in [0.25, 0.3) is 0 Å². The van der Waals surface area contributed by atoms with Crippen molar-refractivity contribution in [3.05, 3.63) is 20.8 Å². The molecule has 1 aromatic rings. The molecule has 0 fully saturated rings. The van der Waals surface area contributed by atoms with Gasteiger partial charge in [0.15, 0.2) is 5.78 Å². The van der Waals surface area contributed by atoms with Crippen LogP contribution < -0.4 is 0 Å². The molecule has 1 rings (SSSR count). The Bertz CT molecular complexity index is 464. The number of carbonyl (C=O) groups excluding carboxylic acids is 3. The number of ether oxygens (including phenoxy) is 2. The highest BCUT2D eigenvalue weighted by molar-refractivity contribution is 9.11. The summed E-state index contributed by atoms with van der Waals surface area (Å²) in [7, 11) is 0. The van der Waals surface area contributed by atoms with Crippen LogP contribution >= 0.6 is 27.3 Å². The molecule has 0 amide bonds. The number of hydrogen-bond acceptors (Lipinski definition) is 6. The summed E-state index contributed by atoms with van der Waals surface area (Å²) >= 11 is 4.37. The maximum Gasteiger partial charge on any atom is 0.328 e. The monoisotopic (exact) mass is 348 g/mol. The second-order valence-electron chi connectivity index (χ2n) is 3.41. The van der Waals surface area contributed by atoms with Crippen molar-refractivity contribution in [2.45, 2.75) is 13.8 Å². The van der Waals surface area contributed by atoms with Gasteiger partial charge in [0.05, 0.1) is 21.9 Å². The standard InChI is InChI=1S/C12H13BrO5S/c1-3-17-11(15)9(12(16)18-4-2)10(14)7-5-6-8(13)19-7/h5-6,9H,3-4H2,1-2H3. The van der Waals surface area contributed by atoms with Gasteiger partial charge in [-0.15, -0.1) is 11.3 Å². The van der Waals surface area contributed by atoms with Crippen molar-refractivity contribution in [2.75, 3.05) is 13.2 Å². The first-order valence-electron chi connectivity index (χ1n) is 5.64. The third-order valence-corrected chi connectivity index (χ3v) is 3.76. The molecule has 1 aromatic heterocycles. The van der Waals surface area contributed by atoms with Gasteiger partial charge in [0.2, 0.25) is 5.92 Å². The van der Waals surface area contributed by atoms with Gasteiger partial charge in [-0.25, -0.2) is 0 Å². The van der Waals surface area contributed by atoms with E-state index in [0.29, 0.717) is 4.88 Å². The van der Waals surface area contributed by atoms with Crippen molar-refractivity contribution in [3.63, 3.8) is 0 Å². The van der Waals surface area contributed by atoms with E-state index >= 15 is 0 Å². The topological polar surface area (TPSA) is 69.7 Å². The lowest BCUT2D eigenvalue weighted by molar-refractivity contribution is -0.158. The SMILES string of the molecule is CCOC(=O)C(C(=O)OCC)C(=O)c1ccc(Br)s1.